The Labute approximate surface area is 115 Å². The molecule has 1 heterocycles. The van der Waals surface area contributed by atoms with E-state index in [-0.39, 0.29) is 18.8 Å². The normalized spacial score (nSPS) is 23.2. The number of aliphatic hydroxyl groups is 1. The van der Waals surface area contributed by atoms with Crippen molar-refractivity contribution in [2.24, 2.45) is 0 Å². The molecule has 1 saturated heterocycles. The molecule has 1 aromatic rings. The molecule has 0 aliphatic carbocycles. The van der Waals surface area contributed by atoms with Crippen LogP contribution in [0.15, 0.2) is 24.3 Å². The van der Waals surface area contributed by atoms with Gasteiger partial charge in [0.15, 0.2) is 0 Å². The van der Waals surface area contributed by atoms with E-state index < -0.39 is 11.7 Å². The number of rotatable bonds is 5. The van der Waals surface area contributed by atoms with Gasteiger partial charge in [-0.3, -0.25) is 0 Å². The molecule has 0 amide bonds. The number of hydrogen-bond donors (Lipinski definition) is 2. The predicted molar refractivity (Wildman–Crippen MR) is 68.2 cm³/mol. The van der Waals surface area contributed by atoms with Crippen molar-refractivity contribution in [1.82, 2.24) is 5.32 Å². The third-order valence-electron chi connectivity index (χ3n) is 3.38. The van der Waals surface area contributed by atoms with Crippen LogP contribution in [0.25, 0.3) is 0 Å². The van der Waals surface area contributed by atoms with Crippen LogP contribution < -0.4 is 5.32 Å². The zero-order valence-electron chi connectivity index (χ0n) is 11.0. The van der Waals surface area contributed by atoms with Gasteiger partial charge in [0.1, 0.15) is 0 Å². The molecule has 20 heavy (non-hydrogen) atoms. The van der Waals surface area contributed by atoms with Gasteiger partial charge in [-0.1, -0.05) is 12.1 Å². The highest BCUT2D eigenvalue weighted by Crippen LogP contribution is 2.35. The summed E-state index contributed by atoms with van der Waals surface area (Å²) < 4.78 is 43.2. The number of halogens is 3. The number of ether oxygens (including phenoxy) is 1. The summed E-state index contributed by atoms with van der Waals surface area (Å²) in [5.41, 5.74) is 0.142. The molecule has 1 aliphatic rings. The highest BCUT2D eigenvalue weighted by molar-refractivity contribution is 5.26. The summed E-state index contributed by atoms with van der Waals surface area (Å²) in [6.07, 6.45) is -2.72. The first-order chi connectivity index (χ1) is 9.50. The first kappa shape index (κ1) is 15.3. The van der Waals surface area contributed by atoms with Gasteiger partial charge < -0.3 is 15.2 Å². The molecular formula is C14H18F3NO2. The minimum Gasteiger partial charge on any atom is -0.395 e. The molecule has 0 saturated carbocycles. The number of alkyl halides is 3. The second kappa shape index (κ2) is 6.56. The van der Waals surface area contributed by atoms with Crippen LogP contribution in [0.4, 0.5) is 13.2 Å². The molecule has 0 radical (unpaired) electrons. The van der Waals surface area contributed by atoms with Crippen molar-refractivity contribution < 1.29 is 23.0 Å². The average Bonchev–Trinajstić information content (AvgIpc) is 2.87. The highest BCUT2D eigenvalue weighted by atomic mass is 19.4. The predicted octanol–water partition coefficient (Wildman–Crippen LogP) is 2.51. The van der Waals surface area contributed by atoms with Crippen molar-refractivity contribution in [3.05, 3.63) is 35.4 Å². The van der Waals surface area contributed by atoms with Gasteiger partial charge in [-0.2, -0.15) is 13.2 Å². The smallest absolute Gasteiger partial charge is 0.395 e. The molecule has 2 atom stereocenters. The van der Waals surface area contributed by atoms with Crippen LogP contribution in [-0.2, 0) is 10.9 Å². The van der Waals surface area contributed by atoms with E-state index in [1.807, 2.05) is 0 Å². The van der Waals surface area contributed by atoms with E-state index in [1.165, 1.54) is 12.1 Å². The monoisotopic (exact) mass is 289 g/mol. The van der Waals surface area contributed by atoms with Gasteiger partial charge in [0.2, 0.25) is 0 Å². The van der Waals surface area contributed by atoms with Crippen LogP contribution in [0.2, 0.25) is 0 Å². The summed E-state index contributed by atoms with van der Waals surface area (Å²) in [4.78, 5) is 0. The lowest BCUT2D eigenvalue weighted by atomic mass is 10.0. The van der Waals surface area contributed by atoms with Crippen LogP contribution >= 0.6 is 0 Å². The summed E-state index contributed by atoms with van der Waals surface area (Å²) >= 11 is 0. The van der Waals surface area contributed by atoms with E-state index >= 15 is 0 Å². The lowest BCUT2D eigenvalue weighted by molar-refractivity contribution is -0.137. The zero-order chi connectivity index (χ0) is 14.6. The summed E-state index contributed by atoms with van der Waals surface area (Å²) in [6, 6.07) is 5.15. The third kappa shape index (κ3) is 3.94. The Kier molecular flexibility index (Phi) is 5.01. The minimum atomic E-state index is -4.30. The fourth-order valence-electron chi connectivity index (χ4n) is 2.33. The Morgan fingerprint density at radius 3 is 2.50 bits per heavy atom. The standard InChI is InChI=1S/C14H18F3NO2/c15-14(16,17)11-3-1-10(2-4-11)13-6-5-12(20-13)9-18-7-8-19/h1-4,12-13,18-19H,5-9H2. The second-order valence-corrected chi connectivity index (χ2v) is 4.87. The van der Waals surface area contributed by atoms with Crippen molar-refractivity contribution >= 4 is 0 Å². The van der Waals surface area contributed by atoms with E-state index in [9.17, 15) is 13.2 Å². The molecular weight excluding hydrogens is 271 g/mol. The van der Waals surface area contributed by atoms with Crippen LogP contribution in [-0.4, -0.2) is 30.9 Å². The lowest BCUT2D eigenvalue weighted by Gasteiger charge is -2.15. The lowest BCUT2D eigenvalue weighted by Crippen LogP contribution is -2.28. The van der Waals surface area contributed by atoms with Gasteiger partial charge in [-0.25, -0.2) is 0 Å². The first-order valence-corrected chi connectivity index (χ1v) is 6.65. The molecule has 112 valence electrons. The van der Waals surface area contributed by atoms with Crippen molar-refractivity contribution in [1.29, 1.82) is 0 Å². The summed E-state index contributed by atoms with van der Waals surface area (Å²) in [5.74, 6) is 0. The van der Waals surface area contributed by atoms with Crippen molar-refractivity contribution in [3.63, 3.8) is 0 Å². The number of aliphatic hydroxyl groups excluding tert-OH is 1. The van der Waals surface area contributed by atoms with E-state index in [0.29, 0.717) is 13.1 Å². The fraction of sp³-hybridized carbons (Fsp3) is 0.571. The van der Waals surface area contributed by atoms with Gasteiger partial charge in [0.25, 0.3) is 0 Å². The quantitative estimate of drug-likeness (QED) is 0.818. The van der Waals surface area contributed by atoms with Gasteiger partial charge >= 0.3 is 6.18 Å². The van der Waals surface area contributed by atoms with Gasteiger partial charge in [0.05, 0.1) is 24.4 Å². The molecule has 1 aromatic carbocycles. The second-order valence-electron chi connectivity index (χ2n) is 4.87. The first-order valence-electron chi connectivity index (χ1n) is 6.65. The maximum atomic E-state index is 12.5. The van der Waals surface area contributed by atoms with Crippen molar-refractivity contribution in [2.75, 3.05) is 19.7 Å². The summed E-state index contributed by atoms with van der Waals surface area (Å²) in [6.45, 7) is 1.25. The minimum absolute atomic E-state index is 0.0499. The van der Waals surface area contributed by atoms with E-state index in [0.717, 1.165) is 30.5 Å². The molecule has 1 fully saturated rings. The van der Waals surface area contributed by atoms with Crippen molar-refractivity contribution in [3.8, 4) is 0 Å². The highest BCUT2D eigenvalue weighted by Gasteiger charge is 2.31. The SMILES string of the molecule is OCCNCC1CCC(c2ccc(C(F)(F)F)cc2)O1. The van der Waals surface area contributed by atoms with Crippen LogP contribution in [0.1, 0.15) is 30.1 Å². The maximum absolute atomic E-state index is 12.5. The molecule has 2 rings (SSSR count). The third-order valence-corrected chi connectivity index (χ3v) is 3.38. The van der Waals surface area contributed by atoms with Crippen molar-refractivity contribution in [2.45, 2.75) is 31.2 Å². The molecule has 0 spiro atoms. The molecule has 1 aliphatic heterocycles. The Morgan fingerprint density at radius 1 is 1.20 bits per heavy atom. The molecule has 0 aromatic heterocycles. The molecule has 2 N–H and O–H groups in total. The van der Waals surface area contributed by atoms with E-state index in [2.05, 4.69) is 5.32 Å². The van der Waals surface area contributed by atoms with E-state index in [4.69, 9.17) is 9.84 Å². The summed E-state index contributed by atoms with van der Waals surface area (Å²) in [7, 11) is 0. The number of benzene rings is 1. The molecule has 0 bridgehead atoms. The van der Waals surface area contributed by atoms with Gasteiger partial charge in [0, 0.05) is 13.1 Å². The van der Waals surface area contributed by atoms with E-state index in [1.54, 1.807) is 0 Å². The number of nitrogens with one attached hydrogen (secondary N) is 1. The van der Waals surface area contributed by atoms with Crippen LogP contribution in [0.3, 0.4) is 0 Å². The zero-order valence-corrected chi connectivity index (χ0v) is 11.0. The fourth-order valence-corrected chi connectivity index (χ4v) is 2.33. The number of hydrogen-bond acceptors (Lipinski definition) is 3. The molecule has 3 nitrogen and oxygen atoms in total. The Hall–Kier alpha value is -1.11. The Bertz CT molecular complexity index is 419. The van der Waals surface area contributed by atoms with Gasteiger partial charge in [-0.05, 0) is 30.5 Å². The Morgan fingerprint density at radius 2 is 1.90 bits per heavy atom. The maximum Gasteiger partial charge on any atom is 0.416 e. The van der Waals surface area contributed by atoms with Gasteiger partial charge in [-0.15, -0.1) is 0 Å². The Balaban J connectivity index is 1.90. The summed E-state index contributed by atoms with van der Waals surface area (Å²) in [5, 5.41) is 11.7. The average molecular weight is 289 g/mol. The van der Waals surface area contributed by atoms with Crippen LogP contribution in [0, 0.1) is 0 Å². The van der Waals surface area contributed by atoms with Crippen LogP contribution in [0.5, 0.6) is 0 Å². The topological polar surface area (TPSA) is 41.5 Å². The largest absolute Gasteiger partial charge is 0.416 e. The molecule has 6 heteroatoms. The molecule has 2 unspecified atom stereocenters.